The van der Waals surface area contributed by atoms with E-state index >= 15 is 0 Å². The van der Waals surface area contributed by atoms with Gasteiger partial charge in [0.25, 0.3) is 5.91 Å². The Morgan fingerprint density at radius 2 is 1.81 bits per heavy atom. The van der Waals surface area contributed by atoms with Crippen molar-refractivity contribution in [1.82, 2.24) is 15.5 Å². The van der Waals surface area contributed by atoms with Gasteiger partial charge in [-0.2, -0.15) is 0 Å². The van der Waals surface area contributed by atoms with E-state index in [4.69, 9.17) is 9.47 Å². The minimum Gasteiger partial charge on any atom is -0.484 e. The molecule has 0 bridgehead atoms. The Morgan fingerprint density at radius 3 is 2.56 bits per heavy atom. The van der Waals surface area contributed by atoms with Crippen molar-refractivity contribution in [3.63, 3.8) is 0 Å². The minimum atomic E-state index is -0.203. The van der Waals surface area contributed by atoms with Crippen molar-refractivity contribution in [2.24, 2.45) is 0 Å². The van der Waals surface area contributed by atoms with E-state index in [-0.39, 0.29) is 12.5 Å². The van der Waals surface area contributed by atoms with Crippen LogP contribution in [0.15, 0.2) is 66.7 Å². The van der Waals surface area contributed by atoms with Crippen LogP contribution in [0.5, 0.6) is 11.6 Å². The van der Waals surface area contributed by atoms with Gasteiger partial charge in [-0.1, -0.05) is 42.5 Å². The molecular weight excluding hydrogens is 342 g/mol. The number of hydrogen-bond acceptors (Lipinski definition) is 5. The van der Waals surface area contributed by atoms with Gasteiger partial charge < -0.3 is 14.8 Å². The number of aryl methyl sites for hydroxylation is 1. The van der Waals surface area contributed by atoms with E-state index < -0.39 is 0 Å². The molecule has 3 rings (SSSR count). The van der Waals surface area contributed by atoms with Crippen molar-refractivity contribution in [3.05, 3.63) is 72.3 Å². The number of ether oxygens (including phenoxy) is 2. The maximum Gasteiger partial charge on any atom is 0.258 e. The predicted octanol–water partition coefficient (Wildman–Crippen LogP) is 3.03. The summed E-state index contributed by atoms with van der Waals surface area (Å²) < 4.78 is 10.9. The summed E-state index contributed by atoms with van der Waals surface area (Å²) in [5.74, 6) is 0.890. The van der Waals surface area contributed by atoms with Crippen molar-refractivity contribution in [2.45, 2.75) is 6.92 Å². The quantitative estimate of drug-likeness (QED) is 0.623. The molecule has 0 radical (unpaired) electrons. The number of rotatable bonds is 8. The first kappa shape index (κ1) is 18.4. The fourth-order valence-corrected chi connectivity index (χ4v) is 2.41. The first-order valence-corrected chi connectivity index (χ1v) is 8.69. The highest BCUT2D eigenvalue weighted by Crippen LogP contribution is 2.16. The van der Waals surface area contributed by atoms with Gasteiger partial charge in [0.15, 0.2) is 6.61 Å². The molecule has 3 aromatic rings. The molecule has 0 aliphatic rings. The molecule has 6 heteroatoms. The molecule has 6 nitrogen and oxygen atoms in total. The number of aromatic nitrogens is 2. The van der Waals surface area contributed by atoms with Crippen LogP contribution in [0.25, 0.3) is 11.3 Å². The highest BCUT2D eigenvalue weighted by Gasteiger charge is 2.04. The molecule has 0 fully saturated rings. The molecule has 1 aromatic heterocycles. The van der Waals surface area contributed by atoms with Crippen molar-refractivity contribution in [2.75, 3.05) is 19.8 Å². The highest BCUT2D eigenvalue weighted by molar-refractivity contribution is 5.77. The van der Waals surface area contributed by atoms with Gasteiger partial charge in [-0.3, -0.25) is 4.79 Å². The van der Waals surface area contributed by atoms with Crippen LogP contribution >= 0.6 is 0 Å². The van der Waals surface area contributed by atoms with Gasteiger partial charge in [-0.15, -0.1) is 10.2 Å². The van der Waals surface area contributed by atoms with Crippen LogP contribution in [0.4, 0.5) is 0 Å². The molecule has 1 amide bonds. The molecular formula is C21H21N3O3. The summed E-state index contributed by atoms with van der Waals surface area (Å²) in [6.45, 7) is 2.60. The zero-order valence-electron chi connectivity index (χ0n) is 15.1. The molecule has 0 spiro atoms. The van der Waals surface area contributed by atoms with Crippen molar-refractivity contribution >= 4 is 5.91 Å². The third-order valence-corrected chi connectivity index (χ3v) is 3.74. The Kier molecular flexibility index (Phi) is 6.35. The molecule has 0 aliphatic heterocycles. The lowest BCUT2D eigenvalue weighted by Gasteiger charge is -2.09. The number of nitrogens with one attached hydrogen (secondary N) is 1. The maximum atomic E-state index is 11.8. The second kappa shape index (κ2) is 9.33. The normalized spacial score (nSPS) is 10.3. The first-order valence-electron chi connectivity index (χ1n) is 8.69. The van der Waals surface area contributed by atoms with Gasteiger partial charge in [-0.25, -0.2) is 0 Å². The number of benzene rings is 2. The summed E-state index contributed by atoms with van der Waals surface area (Å²) in [7, 11) is 0. The van der Waals surface area contributed by atoms with E-state index in [1.165, 1.54) is 0 Å². The molecule has 0 aliphatic carbocycles. The van der Waals surface area contributed by atoms with Gasteiger partial charge in [0.05, 0.1) is 12.2 Å². The second-order valence-corrected chi connectivity index (χ2v) is 5.93. The van der Waals surface area contributed by atoms with E-state index in [0.29, 0.717) is 24.8 Å². The first-order chi connectivity index (χ1) is 13.2. The molecule has 0 saturated carbocycles. The fourth-order valence-electron chi connectivity index (χ4n) is 2.41. The minimum absolute atomic E-state index is 0.0327. The van der Waals surface area contributed by atoms with E-state index in [0.717, 1.165) is 16.8 Å². The monoisotopic (exact) mass is 363 g/mol. The van der Waals surface area contributed by atoms with Crippen molar-refractivity contribution in [3.8, 4) is 22.9 Å². The van der Waals surface area contributed by atoms with Crippen molar-refractivity contribution < 1.29 is 14.3 Å². The van der Waals surface area contributed by atoms with Gasteiger partial charge >= 0.3 is 0 Å². The van der Waals surface area contributed by atoms with Crippen LogP contribution in [-0.4, -0.2) is 35.9 Å². The van der Waals surface area contributed by atoms with Crippen LogP contribution in [0.3, 0.4) is 0 Å². The molecule has 1 heterocycles. The predicted molar refractivity (Wildman–Crippen MR) is 103 cm³/mol. The van der Waals surface area contributed by atoms with Crippen LogP contribution < -0.4 is 14.8 Å². The van der Waals surface area contributed by atoms with Gasteiger partial charge in [-0.05, 0) is 30.7 Å². The van der Waals surface area contributed by atoms with E-state index in [1.807, 2.05) is 67.6 Å². The number of carbonyl (C=O) groups is 1. The summed E-state index contributed by atoms with van der Waals surface area (Å²) in [6, 6.07) is 21.0. The Labute approximate surface area is 158 Å². The summed E-state index contributed by atoms with van der Waals surface area (Å²) >= 11 is 0. The number of hydrogen-bond donors (Lipinski definition) is 1. The average Bonchev–Trinajstić information content (AvgIpc) is 2.71. The van der Waals surface area contributed by atoms with Crippen LogP contribution in [0.1, 0.15) is 5.56 Å². The molecule has 1 N–H and O–H groups in total. The van der Waals surface area contributed by atoms with E-state index in [1.54, 1.807) is 6.07 Å². The van der Waals surface area contributed by atoms with Gasteiger partial charge in [0.2, 0.25) is 5.88 Å². The summed E-state index contributed by atoms with van der Waals surface area (Å²) in [5, 5.41) is 10.9. The van der Waals surface area contributed by atoms with Gasteiger partial charge in [0, 0.05) is 11.6 Å². The molecule has 27 heavy (non-hydrogen) atoms. The highest BCUT2D eigenvalue weighted by atomic mass is 16.5. The maximum absolute atomic E-state index is 11.8. The smallest absolute Gasteiger partial charge is 0.258 e. The second-order valence-electron chi connectivity index (χ2n) is 5.93. The number of carbonyl (C=O) groups excluding carboxylic acids is 1. The van der Waals surface area contributed by atoms with Crippen LogP contribution in [0.2, 0.25) is 0 Å². The average molecular weight is 363 g/mol. The Hall–Kier alpha value is -3.41. The summed E-state index contributed by atoms with van der Waals surface area (Å²) in [4.78, 5) is 11.8. The molecule has 0 atom stereocenters. The fraction of sp³-hybridized carbons (Fsp3) is 0.190. The molecule has 0 unspecified atom stereocenters. The third-order valence-electron chi connectivity index (χ3n) is 3.74. The van der Waals surface area contributed by atoms with Crippen molar-refractivity contribution in [1.29, 1.82) is 0 Å². The molecule has 2 aromatic carbocycles. The Morgan fingerprint density at radius 1 is 0.963 bits per heavy atom. The third kappa shape index (κ3) is 5.81. The largest absolute Gasteiger partial charge is 0.484 e. The topological polar surface area (TPSA) is 73.3 Å². The number of amides is 1. The zero-order chi connectivity index (χ0) is 18.9. The Balaban J connectivity index is 1.36. The molecule has 0 saturated heterocycles. The Bertz CT molecular complexity index is 867. The summed E-state index contributed by atoms with van der Waals surface area (Å²) in [6.07, 6.45) is 0. The number of nitrogens with zero attached hydrogens (tertiary/aromatic N) is 2. The van der Waals surface area contributed by atoms with Crippen LogP contribution in [0, 0.1) is 6.92 Å². The summed E-state index contributed by atoms with van der Waals surface area (Å²) in [5.41, 5.74) is 2.86. The standard InChI is InChI=1S/C21H21N3O3/c1-16-6-5-9-18(14-16)27-15-20(25)22-12-13-26-21-11-10-19(23-24-21)17-7-3-2-4-8-17/h2-11,14H,12-13,15H2,1H3,(H,22,25). The van der Waals surface area contributed by atoms with E-state index in [2.05, 4.69) is 15.5 Å². The molecule has 138 valence electrons. The lowest BCUT2D eigenvalue weighted by molar-refractivity contribution is -0.123. The SMILES string of the molecule is Cc1cccc(OCC(=O)NCCOc2ccc(-c3ccccc3)nn2)c1. The lowest BCUT2D eigenvalue weighted by Crippen LogP contribution is -2.32. The van der Waals surface area contributed by atoms with Gasteiger partial charge in [0.1, 0.15) is 12.4 Å². The zero-order valence-corrected chi connectivity index (χ0v) is 15.1. The van der Waals surface area contributed by atoms with E-state index in [9.17, 15) is 4.79 Å². The lowest BCUT2D eigenvalue weighted by atomic mass is 10.1. The van der Waals surface area contributed by atoms with Crippen LogP contribution in [-0.2, 0) is 4.79 Å².